The molecule has 88 valence electrons. The topological polar surface area (TPSA) is 35.5 Å². The Morgan fingerprint density at radius 3 is 2.62 bits per heavy atom. The number of hydrogen-bond donors (Lipinski definition) is 0. The van der Waals surface area contributed by atoms with Crippen LogP contribution in [0.15, 0.2) is 24.3 Å². The van der Waals surface area contributed by atoms with Crippen LogP contribution in [0.2, 0.25) is 0 Å². The Morgan fingerprint density at radius 1 is 1.38 bits per heavy atom. The molecule has 0 radical (unpaired) electrons. The molecule has 4 heteroatoms. The van der Waals surface area contributed by atoms with Gasteiger partial charge in [0.2, 0.25) is 0 Å². The monoisotopic (exact) mass is 226 g/mol. The summed E-state index contributed by atoms with van der Waals surface area (Å²) in [6, 6.07) is 5.61. The Balaban J connectivity index is 2.43. The van der Waals surface area contributed by atoms with E-state index in [1.54, 1.807) is 26.8 Å². The van der Waals surface area contributed by atoms with E-state index in [0.717, 1.165) is 0 Å². The first-order chi connectivity index (χ1) is 7.37. The largest absolute Gasteiger partial charge is 0.482 e. The van der Waals surface area contributed by atoms with Crippen LogP contribution in [0.1, 0.15) is 20.8 Å². The summed E-state index contributed by atoms with van der Waals surface area (Å²) in [5.74, 6) is -0.565. The van der Waals surface area contributed by atoms with Crippen molar-refractivity contribution in [3.8, 4) is 5.75 Å². The van der Waals surface area contributed by atoms with Gasteiger partial charge in [-0.1, -0.05) is 6.07 Å². The summed E-state index contributed by atoms with van der Waals surface area (Å²) in [7, 11) is 0. The van der Waals surface area contributed by atoms with Gasteiger partial charge in [0.25, 0.3) is 0 Å². The van der Waals surface area contributed by atoms with Crippen molar-refractivity contribution >= 4 is 5.97 Å². The van der Waals surface area contributed by atoms with Crippen molar-refractivity contribution in [3.05, 3.63) is 30.1 Å². The Bertz CT molecular complexity index is 369. The summed E-state index contributed by atoms with van der Waals surface area (Å²) >= 11 is 0. The summed E-state index contributed by atoms with van der Waals surface area (Å²) in [5, 5.41) is 0. The van der Waals surface area contributed by atoms with Gasteiger partial charge >= 0.3 is 5.97 Å². The zero-order valence-corrected chi connectivity index (χ0v) is 9.62. The number of carbonyl (C=O) groups excluding carboxylic acids is 1. The summed E-state index contributed by atoms with van der Waals surface area (Å²) in [5.41, 5.74) is -0.539. The highest BCUT2D eigenvalue weighted by atomic mass is 19.1. The molecule has 1 aromatic carbocycles. The number of ether oxygens (including phenoxy) is 2. The average molecular weight is 226 g/mol. The van der Waals surface area contributed by atoms with Crippen molar-refractivity contribution in [2.75, 3.05) is 6.61 Å². The van der Waals surface area contributed by atoms with E-state index in [2.05, 4.69) is 0 Å². The van der Waals surface area contributed by atoms with Crippen molar-refractivity contribution in [2.45, 2.75) is 26.4 Å². The molecule has 16 heavy (non-hydrogen) atoms. The number of esters is 1. The van der Waals surface area contributed by atoms with Crippen LogP contribution < -0.4 is 4.74 Å². The van der Waals surface area contributed by atoms with E-state index >= 15 is 0 Å². The molecule has 0 atom stereocenters. The summed E-state index contributed by atoms with van der Waals surface area (Å²) in [6.45, 7) is 5.09. The Morgan fingerprint density at radius 2 is 2.06 bits per heavy atom. The Labute approximate surface area is 94.2 Å². The second-order valence-electron chi connectivity index (χ2n) is 4.33. The number of carbonyl (C=O) groups is 1. The van der Waals surface area contributed by atoms with Crippen LogP contribution in [-0.2, 0) is 9.53 Å². The molecule has 0 N–H and O–H groups in total. The van der Waals surface area contributed by atoms with Crippen LogP contribution in [-0.4, -0.2) is 18.2 Å². The summed E-state index contributed by atoms with van der Waals surface area (Å²) in [6.07, 6.45) is 0. The van der Waals surface area contributed by atoms with Gasteiger partial charge in [-0.2, -0.15) is 0 Å². The molecular formula is C12H15FO3. The van der Waals surface area contributed by atoms with Gasteiger partial charge in [0, 0.05) is 6.07 Å². The maximum Gasteiger partial charge on any atom is 0.344 e. The highest BCUT2D eigenvalue weighted by Gasteiger charge is 2.16. The lowest BCUT2D eigenvalue weighted by Crippen LogP contribution is -2.27. The lowest BCUT2D eigenvalue weighted by Gasteiger charge is -2.19. The number of benzene rings is 1. The molecule has 0 saturated carbocycles. The minimum absolute atomic E-state index is 0.222. The normalized spacial score (nSPS) is 11.0. The first-order valence-electron chi connectivity index (χ1n) is 4.97. The highest BCUT2D eigenvalue weighted by molar-refractivity contribution is 5.71. The number of rotatable bonds is 3. The van der Waals surface area contributed by atoms with E-state index in [1.165, 1.54) is 18.2 Å². The fourth-order valence-electron chi connectivity index (χ4n) is 1.07. The molecule has 0 aliphatic carbocycles. The third-order valence-electron chi connectivity index (χ3n) is 1.57. The lowest BCUT2D eigenvalue weighted by molar-refractivity contribution is -0.157. The van der Waals surface area contributed by atoms with Crippen molar-refractivity contribution in [1.82, 2.24) is 0 Å². The van der Waals surface area contributed by atoms with Crippen LogP contribution >= 0.6 is 0 Å². The van der Waals surface area contributed by atoms with Gasteiger partial charge in [-0.3, -0.25) is 0 Å². The molecule has 0 saturated heterocycles. The molecule has 0 spiro atoms. The molecule has 3 nitrogen and oxygen atoms in total. The van der Waals surface area contributed by atoms with Gasteiger partial charge in [0.1, 0.15) is 17.2 Å². The first kappa shape index (κ1) is 12.5. The average Bonchev–Trinajstić information content (AvgIpc) is 2.12. The van der Waals surface area contributed by atoms with Crippen molar-refractivity contribution in [1.29, 1.82) is 0 Å². The second kappa shape index (κ2) is 4.96. The highest BCUT2D eigenvalue weighted by Crippen LogP contribution is 2.12. The molecule has 1 rings (SSSR count). The molecule has 0 amide bonds. The zero-order valence-electron chi connectivity index (χ0n) is 9.62. The first-order valence-corrected chi connectivity index (χ1v) is 4.97. The van der Waals surface area contributed by atoms with Crippen LogP contribution in [0.25, 0.3) is 0 Å². The van der Waals surface area contributed by atoms with Gasteiger partial charge < -0.3 is 9.47 Å². The molecule has 0 unspecified atom stereocenters. The van der Waals surface area contributed by atoms with Gasteiger partial charge in [-0.05, 0) is 32.9 Å². The molecule has 0 fully saturated rings. The van der Waals surface area contributed by atoms with E-state index in [1.807, 2.05) is 0 Å². The SMILES string of the molecule is CC(C)(C)OC(=O)COc1cccc(F)c1. The Kier molecular flexibility index (Phi) is 3.88. The fourth-order valence-corrected chi connectivity index (χ4v) is 1.07. The Hall–Kier alpha value is -1.58. The predicted molar refractivity (Wildman–Crippen MR) is 57.7 cm³/mol. The van der Waals surface area contributed by atoms with E-state index in [9.17, 15) is 9.18 Å². The van der Waals surface area contributed by atoms with Gasteiger partial charge in [-0.25, -0.2) is 9.18 Å². The maximum atomic E-state index is 12.8. The molecule has 0 bridgehead atoms. The number of hydrogen-bond acceptors (Lipinski definition) is 3. The third kappa shape index (κ3) is 4.77. The standard InChI is InChI=1S/C12H15FO3/c1-12(2,3)16-11(14)8-15-10-6-4-5-9(13)7-10/h4-7H,8H2,1-3H3. The predicted octanol–water partition coefficient (Wildman–Crippen LogP) is 2.55. The quantitative estimate of drug-likeness (QED) is 0.743. The van der Waals surface area contributed by atoms with Crippen molar-refractivity contribution in [3.63, 3.8) is 0 Å². The maximum absolute atomic E-state index is 12.8. The smallest absolute Gasteiger partial charge is 0.344 e. The minimum Gasteiger partial charge on any atom is -0.482 e. The van der Waals surface area contributed by atoms with E-state index in [-0.39, 0.29) is 6.61 Å². The summed E-state index contributed by atoms with van der Waals surface area (Å²) in [4.78, 5) is 11.3. The van der Waals surface area contributed by atoms with Crippen LogP contribution in [0, 0.1) is 5.82 Å². The fraction of sp³-hybridized carbons (Fsp3) is 0.417. The van der Waals surface area contributed by atoms with Crippen LogP contribution in [0.4, 0.5) is 4.39 Å². The second-order valence-corrected chi connectivity index (χ2v) is 4.33. The molecule has 0 aromatic heterocycles. The molecule has 0 heterocycles. The van der Waals surface area contributed by atoms with Crippen LogP contribution in [0.5, 0.6) is 5.75 Å². The van der Waals surface area contributed by atoms with Gasteiger partial charge in [0.05, 0.1) is 0 Å². The third-order valence-corrected chi connectivity index (χ3v) is 1.57. The van der Waals surface area contributed by atoms with Crippen molar-refractivity contribution in [2.24, 2.45) is 0 Å². The molecule has 0 aliphatic rings. The minimum atomic E-state index is -0.539. The molecule has 0 aliphatic heterocycles. The number of halogens is 1. The van der Waals surface area contributed by atoms with E-state index in [0.29, 0.717) is 5.75 Å². The molecular weight excluding hydrogens is 211 g/mol. The van der Waals surface area contributed by atoms with Gasteiger partial charge in [-0.15, -0.1) is 0 Å². The van der Waals surface area contributed by atoms with Crippen LogP contribution in [0.3, 0.4) is 0 Å². The summed E-state index contributed by atoms with van der Waals surface area (Å²) < 4.78 is 22.9. The molecule has 1 aromatic rings. The van der Waals surface area contributed by atoms with E-state index in [4.69, 9.17) is 9.47 Å². The van der Waals surface area contributed by atoms with E-state index < -0.39 is 17.4 Å². The van der Waals surface area contributed by atoms with Gasteiger partial charge in [0.15, 0.2) is 6.61 Å². The van der Waals surface area contributed by atoms with Crippen molar-refractivity contribution < 1.29 is 18.7 Å². The zero-order chi connectivity index (χ0) is 12.2. The lowest BCUT2D eigenvalue weighted by atomic mass is 10.2.